The molecule has 1 rings (SSSR count). The summed E-state index contributed by atoms with van der Waals surface area (Å²) in [5.74, 6) is 1.58. The molecule has 0 spiro atoms. The first-order valence-electron chi connectivity index (χ1n) is 4.33. The summed E-state index contributed by atoms with van der Waals surface area (Å²) in [5.41, 5.74) is 0. The summed E-state index contributed by atoms with van der Waals surface area (Å²) in [4.78, 5) is 0. The number of ether oxygens (including phenoxy) is 1. The Balaban J connectivity index is 2.46. The summed E-state index contributed by atoms with van der Waals surface area (Å²) in [7, 11) is 0. The molecule has 0 radical (unpaired) electrons. The molecule has 0 aromatic rings. The molecule has 1 saturated heterocycles. The van der Waals surface area contributed by atoms with Crippen LogP contribution in [0.1, 0.15) is 33.6 Å². The average Bonchev–Trinajstić information content (AvgIpc) is 2.04. The lowest BCUT2D eigenvalue weighted by molar-refractivity contribution is 0.0357. The average molecular weight is 142 g/mol. The van der Waals surface area contributed by atoms with Crippen LogP contribution in [-0.4, -0.2) is 12.7 Å². The Kier molecular flexibility index (Phi) is 2.72. The molecule has 1 aliphatic rings. The van der Waals surface area contributed by atoms with E-state index in [-0.39, 0.29) is 0 Å². The van der Waals surface area contributed by atoms with Gasteiger partial charge >= 0.3 is 0 Å². The number of rotatable bonds is 0. The fourth-order valence-corrected chi connectivity index (χ4v) is 1.55. The van der Waals surface area contributed by atoms with Gasteiger partial charge in [0, 0.05) is 6.61 Å². The molecule has 1 fully saturated rings. The molecule has 0 amide bonds. The van der Waals surface area contributed by atoms with Crippen molar-refractivity contribution in [3.05, 3.63) is 0 Å². The third kappa shape index (κ3) is 1.72. The molecule has 0 aromatic heterocycles. The molecule has 1 heteroatoms. The van der Waals surface area contributed by atoms with Crippen LogP contribution in [0.5, 0.6) is 0 Å². The van der Waals surface area contributed by atoms with E-state index in [1.165, 1.54) is 12.8 Å². The Morgan fingerprint density at radius 2 is 1.90 bits per heavy atom. The quantitative estimate of drug-likeness (QED) is 0.505. The van der Waals surface area contributed by atoms with Crippen molar-refractivity contribution in [1.29, 1.82) is 0 Å². The molecule has 0 aromatic carbocycles. The molecule has 10 heavy (non-hydrogen) atoms. The van der Waals surface area contributed by atoms with Gasteiger partial charge in [-0.3, -0.25) is 0 Å². The first-order valence-corrected chi connectivity index (χ1v) is 4.33. The Morgan fingerprint density at radius 3 is 2.60 bits per heavy atom. The summed E-state index contributed by atoms with van der Waals surface area (Å²) in [5, 5.41) is 0. The molecule has 1 nitrogen and oxygen atoms in total. The fourth-order valence-electron chi connectivity index (χ4n) is 1.55. The zero-order valence-electron chi connectivity index (χ0n) is 7.26. The first kappa shape index (κ1) is 8.06. The van der Waals surface area contributed by atoms with Gasteiger partial charge < -0.3 is 4.74 Å². The van der Waals surface area contributed by atoms with Gasteiger partial charge in [0.1, 0.15) is 0 Å². The molecule has 1 heterocycles. The summed E-state index contributed by atoms with van der Waals surface area (Å²) >= 11 is 0. The standard InChI is InChI=1S/C9H18O/c1-7-5-4-6-10-9(3)8(7)2/h7-9H,4-6H2,1-3H3/t7?,8-,9?/m1/s1. The molecular weight excluding hydrogens is 124 g/mol. The highest BCUT2D eigenvalue weighted by atomic mass is 16.5. The topological polar surface area (TPSA) is 9.23 Å². The van der Waals surface area contributed by atoms with Crippen LogP contribution in [0.2, 0.25) is 0 Å². The first-order chi connectivity index (χ1) is 4.72. The van der Waals surface area contributed by atoms with Crippen molar-refractivity contribution in [3.63, 3.8) is 0 Å². The van der Waals surface area contributed by atoms with Crippen LogP contribution in [0, 0.1) is 11.8 Å². The maximum atomic E-state index is 5.59. The van der Waals surface area contributed by atoms with Crippen molar-refractivity contribution >= 4 is 0 Å². The van der Waals surface area contributed by atoms with Crippen LogP contribution >= 0.6 is 0 Å². The van der Waals surface area contributed by atoms with Crippen LogP contribution in [0.15, 0.2) is 0 Å². The van der Waals surface area contributed by atoms with E-state index in [4.69, 9.17) is 4.74 Å². The van der Waals surface area contributed by atoms with E-state index in [0.29, 0.717) is 6.10 Å². The predicted molar refractivity (Wildman–Crippen MR) is 43.0 cm³/mol. The van der Waals surface area contributed by atoms with Crippen LogP contribution in [0.25, 0.3) is 0 Å². The van der Waals surface area contributed by atoms with E-state index in [0.717, 1.165) is 18.4 Å². The minimum atomic E-state index is 0.470. The van der Waals surface area contributed by atoms with Gasteiger partial charge in [-0.2, -0.15) is 0 Å². The summed E-state index contributed by atoms with van der Waals surface area (Å²) < 4.78 is 5.59. The minimum Gasteiger partial charge on any atom is -0.378 e. The minimum absolute atomic E-state index is 0.470. The zero-order valence-corrected chi connectivity index (χ0v) is 7.26. The zero-order chi connectivity index (χ0) is 7.56. The van der Waals surface area contributed by atoms with Gasteiger partial charge in [0.15, 0.2) is 0 Å². The highest BCUT2D eigenvalue weighted by molar-refractivity contribution is 4.70. The summed E-state index contributed by atoms with van der Waals surface area (Å²) in [6.07, 6.45) is 3.05. The van der Waals surface area contributed by atoms with E-state index in [1.807, 2.05) is 0 Å². The molecule has 3 atom stereocenters. The maximum Gasteiger partial charge on any atom is 0.0575 e. The molecule has 60 valence electrons. The van der Waals surface area contributed by atoms with Crippen molar-refractivity contribution in [1.82, 2.24) is 0 Å². The lowest BCUT2D eigenvalue weighted by atomic mass is 9.89. The van der Waals surface area contributed by atoms with Crippen molar-refractivity contribution in [3.8, 4) is 0 Å². The third-order valence-corrected chi connectivity index (χ3v) is 2.82. The van der Waals surface area contributed by atoms with Gasteiger partial charge in [-0.15, -0.1) is 0 Å². The van der Waals surface area contributed by atoms with Crippen LogP contribution in [0.4, 0.5) is 0 Å². The lowest BCUT2D eigenvalue weighted by Crippen LogP contribution is -2.20. The second kappa shape index (κ2) is 3.38. The normalized spacial score (nSPS) is 42.9. The maximum absolute atomic E-state index is 5.59. The number of hydrogen-bond donors (Lipinski definition) is 0. The Labute approximate surface area is 63.8 Å². The van der Waals surface area contributed by atoms with Crippen molar-refractivity contribution in [2.45, 2.75) is 39.7 Å². The third-order valence-electron chi connectivity index (χ3n) is 2.82. The summed E-state index contributed by atoms with van der Waals surface area (Å²) in [6, 6.07) is 0. The van der Waals surface area contributed by atoms with E-state index < -0.39 is 0 Å². The van der Waals surface area contributed by atoms with Gasteiger partial charge in [0.25, 0.3) is 0 Å². The Bertz CT molecular complexity index is 88.9. The smallest absolute Gasteiger partial charge is 0.0575 e. The predicted octanol–water partition coefficient (Wildman–Crippen LogP) is 2.46. The van der Waals surface area contributed by atoms with Gasteiger partial charge in [-0.05, 0) is 31.6 Å². The van der Waals surface area contributed by atoms with E-state index >= 15 is 0 Å². The molecule has 0 N–H and O–H groups in total. The van der Waals surface area contributed by atoms with Crippen molar-refractivity contribution in [2.75, 3.05) is 6.61 Å². The number of hydrogen-bond acceptors (Lipinski definition) is 1. The van der Waals surface area contributed by atoms with E-state index in [9.17, 15) is 0 Å². The molecular formula is C9H18O. The van der Waals surface area contributed by atoms with E-state index in [1.54, 1.807) is 0 Å². The lowest BCUT2D eigenvalue weighted by Gasteiger charge is -2.21. The molecule has 0 aliphatic carbocycles. The summed E-state index contributed by atoms with van der Waals surface area (Å²) in [6.45, 7) is 7.78. The van der Waals surface area contributed by atoms with Gasteiger partial charge in [0.2, 0.25) is 0 Å². The fraction of sp³-hybridized carbons (Fsp3) is 1.00. The van der Waals surface area contributed by atoms with Gasteiger partial charge in [-0.1, -0.05) is 13.8 Å². The molecule has 1 aliphatic heterocycles. The van der Waals surface area contributed by atoms with Crippen molar-refractivity contribution in [2.24, 2.45) is 11.8 Å². The second-order valence-electron chi connectivity index (χ2n) is 3.55. The van der Waals surface area contributed by atoms with E-state index in [2.05, 4.69) is 20.8 Å². The Morgan fingerprint density at radius 1 is 1.20 bits per heavy atom. The largest absolute Gasteiger partial charge is 0.378 e. The highest BCUT2D eigenvalue weighted by Gasteiger charge is 2.21. The molecule has 2 unspecified atom stereocenters. The second-order valence-corrected chi connectivity index (χ2v) is 3.55. The Hall–Kier alpha value is -0.0400. The van der Waals surface area contributed by atoms with Crippen LogP contribution in [0.3, 0.4) is 0 Å². The van der Waals surface area contributed by atoms with Gasteiger partial charge in [0.05, 0.1) is 6.10 Å². The van der Waals surface area contributed by atoms with Crippen molar-refractivity contribution < 1.29 is 4.74 Å². The van der Waals surface area contributed by atoms with Gasteiger partial charge in [-0.25, -0.2) is 0 Å². The molecule has 0 saturated carbocycles. The SMILES string of the molecule is CC1CCCOC(C)[C@@H]1C. The molecule has 0 bridgehead atoms. The highest BCUT2D eigenvalue weighted by Crippen LogP contribution is 2.25. The van der Waals surface area contributed by atoms with Crippen LogP contribution < -0.4 is 0 Å². The monoisotopic (exact) mass is 142 g/mol. The van der Waals surface area contributed by atoms with Crippen LogP contribution in [-0.2, 0) is 4.74 Å².